The fraction of sp³-hybridized carbons (Fsp3) is 0.200. The molecule has 1 atom stereocenters. The zero-order valence-electron chi connectivity index (χ0n) is 19.0. The summed E-state index contributed by atoms with van der Waals surface area (Å²) < 4.78 is 35.4. The Hall–Kier alpha value is -3.69. The number of anilines is 1. The molecule has 0 saturated heterocycles. The van der Waals surface area contributed by atoms with Gasteiger partial charge in [-0.15, -0.1) is 0 Å². The first-order chi connectivity index (χ1) is 16.1. The van der Waals surface area contributed by atoms with Crippen LogP contribution in [0.2, 0.25) is 0 Å². The van der Waals surface area contributed by atoms with Crippen molar-refractivity contribution >= 4 is 32.7 Å². The van der Waals surface area contributed by atoms with Crippen LogP contribution in [-0.2, 0) is 28.3 Å². The minimum absolute atomic E-state index is 0.105. The predicted molar refractivity (Wildman–Crippen MR) is 130 cm³/mol. The zero-order chi connectivity index (χ0) is 24.5. The summed E-state index contributed by atoms with van der Waals surface area (Å²) in [5, 5.41) is 2.83. The maximum absolute atomic E-state index is 13.2. The number of oxazole rings is 1. The molecule has 3 aromatic carbocycles. The number of nitrogens with zero attached hydrogens (tertiary/aromatic N) is 1. The molecule has 1 amide bonds. The van der Waals surface area contributed by atoms with Gasteiger partial charge in [0, 0.05) is 18.8 Å². The van der Waals surface area contributed by atoms with Crippen molar-refractivity contribution in [3.05, 3.63) is 94.0 Å². The molecule has 1 aromatic heterocycles. The Labute approximate surface area is 197 Å². The van der Waals surface area contributed by atoms with E-state index in [0.717, 1.165) is 16.7 Å². The monoisotopic (exact) mass is 479 g/mol. The van der Waals surface area contributed by atoms with Crippen LogP contribution in [0.15, 0.2) is 80.8 Å². The third-order valence-electron chi connectivity index (χ3n) is 5.46. The molecule has 9 heteroatoms. The number of sulfonamides is 1. The quantitative estimate of drug-likeness (QED) is 0.423. The molecule has 0 bridgehead atoms. The second-order valence-electron chi connectivity index (χ2n) is 8.29. The average Bonchev–Trinajstić information content (AvgIpc) is 3.06. The number of nitrogens with one attached hydrogen (secondary N) is 2. The second-order valence-corrected chi connectivity index (χ2v) is 10.00. The Morgan fingerprint density at radius 2 is 1.68 bits per heavy atom. The molecule has 176 valence electrons. The highest BCUT2D eigenvalue weighted by Gasteiger charge is 2.27. The zero-order valence-corrected chi connectivity index (χ0v) is 19.8. The largest absolute Gasteiger partial charge is 0.419 e. The molecular weight excluding hydrogens is 454 g/mol. The second kappa shape index (κ2) is 9.28. The molecule has 4 aromatic rings. The molecule has 2 N–H and O–H groups in total. The molecular formula is C25H25N3O5S. The van der Waals surface area contributed by atoms with Gasteiger partial charge in [-0.3, -0.25) is 9.36 Å². The van der Waals surface area contributed by atoms with Crippen LogP contribution >= 0.6 is 0 Å². The Kier molecular flexibility index (Phi) is 6.41. The lowest BCUT2D eigenvalue weighted by atomic mass is 10.1. The van der Waals surface area contributed by atoms with E-state index in [4.69, 9.17) is 4.42 Å². The highest BCUT2D eigenvalue weighted by Crippen LogP contribution is 2.20. The maximum Gasteiger partial charge on any atom is 0.419 e. The number of amides is 1. The fourth-order valence-electron chi connectivity index (χ4n) is 3.85. The van der Waals surface area contributed by atoms with Gasteiger partial charge in [-0.2, -0.15) is 4.72 Å². The predicted octanol–water partition coefficient (Wildman–Crippen LogP) is 3.28. The molecule has 8 nitrogen and oxygen atoms in total. The van der Waals surface area contributed by atoms with E-state index in [-0.39, 0.29) is 16.9 Å². The number of aromatic nitrogens is 1. The lowest BCUT2D eigenvalue weighted by molar-refractivity contribution is -0.117. The molecule has 0 spiro atoms. The lowest BCUT2D eigenvalue weighted by Gasteiger charge is -2.19. The van der Waals surface area contributed by atoms with Crippen LogP contribution < -0.4 is 15.8 Å². The van der Waals surface area contributed by atoms with Crippen molar-refractivity contribution in [3.63, 3.8) is 0 Å². The molecule has 0 unspecified atom stereocenters. The van der Waals surface area contributed by atoms with E-state index < -0.39 is 27.7 Å². The van der Waals surface area contributed by atoms with Gasteiger partial charge in [0.2, 0.25) is 15.9 Å². The fourth-order valence-corrected chi connectivity index (χ4v) is 5.06. The minimum atomic E-state index is -4.11. The third-order valence-corrected chi connectivity index (χ3v) is 6.93. The number of carbonyl (C=O) groups excluding carboxylic acids is 1. The van der Waals surface area contributed by atoms with E-state index in [0.29, 0.717) is 11.2 Å². The minimum Gasteiger partial charge on any atom is -0.408 e. The normalized spacial score (nSPS) is 12.6. The molecule has 0 fully saturated rings. The van der Waals surface area contributed by atoms with Crippen LogP contribution in [0.3, 0.4) is 0 Å². The summed E-state index contributed by atoms with van der Waals surface area (Å²) in [6.45, 7) is 3.84. The highest BCUT2D eigenvalue weighted by molar-refractivity contribution is 7.89. The number of fused-ring (bicyclic) bond motifs is 1. The van der Waals surface area contributed by atoms with Crippen LogP contribution in [0.5, 0.6) is 0 Å². The molecule has 0 saturated carbocycles. The number of aryl methyl sites for hydroxylation is 3. The van der Waals surface area contributed by atoms with E-state index in [9.17, 15) is 18.0 Å². The van der Waals surface area contributed by atoms with Gasteiger partial charge >= 0.3 is 5.76 Å². The molecule has 0 aliphatic rings. The Balaban J connectivity index is 1.65. The number of hydrogen-bond acceptors (Lipinski definition) is 5. The third kappa shape index (κ3) is 5.11. The van der Waals surface area contributed by atoms with E-state index in [1.54, 1.807) is 0 Å². The van der Waals surface area contributed by atoms with Crippen molar-refractivity contribution in [3.8, 4) is 0 Å². The molecule has 34 heavy (non-hydrogen) atoms. The lowest BCUT2D eigenvalue weighted by Crippen LogP contribution is -2.45. The van der Waals surface area contributed by atoms with Gasteiger partial charge in [0.25, 0.3) is 0 Å². The summed E-state index contributed by atoms with van der Waals surface area (Å²) in [5.41, 5.74) is 3.97. The van der Waals surface area contributed by atoms with Crippen molar-refractivity contribution in [2.24, 2.45) is 7.05 Å². The Morgan fingerprint density at radius 1 is 1.00 bits per heavy atom. The average molecular weight is 480 g/mol. The van der Waals surface area contributed by atoms with Crippen LogP contribution in [-0.4, -0.2) is 24.9 Å². The summed E-state index contributed by atoms with van der Waals surface area (Å²) in [4.78, 5) is 24.9. The smallest absolute Gasteiger partial charge is 0.408 e. The van der Waals surface area contributed by atoms with Gasteiger partial charge < -0.3 is 9.73 Å². The maximum atomic E-state index is 13.2. The van der Waals surface area contributed by atoms with Gasteiger partial charge in [-0.05, 0) is 61.2 Å². The number of carbonyl (C=O) groups is 1. The van der Waals surface area contributed by atoms with E-state index in [1.165, 1.54) is 29.8 Å². The Morgan fingerprint density at radius 3 is 2.35 bits per heavy atom. The van der Waals surface area contributed by atoms with Crippen LogP contribution in [0.4, 0.5) is 5.69 Å². The van der Waals surface area contributed by atoms with Crippen molar-refractivity contribution < 1.29 is 17.6 Å². The first kappa shape index (κ1) is 23.5. The van der Waals surface area contributed by atoms with E-state index in [1.807, 2.05) is 62.4 Å². The van der Waals surface area contributed by atoms with E-state index >= 15 is 0 Å². The van der Waals surface area contributed by atoms with Gasteiger partial charge in [0.15, 0.2) is 5.58 Å². The van der Waals surface area contributed by atoms with Gasteiger partial charge in [-0.25, -0.2) is 13.2 Å². The highest BCUT2D eigenvalue weighted by atomic mass is 32.2. The van der Waals surface area contributed by atoms with Crippen LogP contribution in [0.1, 0.15) is 16.7 Å². The Bertz CT molecular complexity index is 1500. The van der Waals surface area contributed by atoms with Crippen molar-refractivity contribution in [2.75, 3.05) is 5.32 Å². The topological polar surface area (TPSA) is 110 Å². The van der Waals surface area contributed by atoms with Gasteiger partial charge in [0.05, 0.1) is 10.4 Å². The summed E-state index contributed by atoms with van der Waals surface area (Å²) in [7, 11) is -2.57. The number of hydrogen-bond donors (Lipinski definition) is 2. The van der Waals surface area contributed by atoms with Crippen molar-refractivity contribution in [2.45, 2.75) is 31.2 Å². The van der Waals surface area contributed by atoms with E-state index in [2.05, 4.69) is 10.0 Å². The summed E-state index contributed by atoms with van der Waals surface area (Å²) in [6.07, 6.45) is 0.152. The molecule has 4 rings (SSSR count). The first-order valence-corrected chi connectivity index (χ1v) is 12.2. The van der Waals surface area contributed by atoms with Gasteiger partial charge in [-0.1, -0.05) is 36.4 Å². The van der Waals surface area contributed by atoms with Crippen molar-refractivity contribution in [1.82, 2.24) is 9.29 Å². The molecule has 0 aliphatic carbocycles. The molecule has 0 radical (unpaired) electrons. The number of rotatable bonds is 7. The van der Waals surface area contributed by atoms with Crippen molar-refractivity contribution in [1.29, 1.82) is 0 Å². The first-order valence-electron chi connectivity index (χ1n) is 10.7. The summed E-state index contributed by atoms with van der Waals surface area (Å²) in [5.74, 6) is -1.07. The number of benzene rings is 3. The standard InChI is InChI=1S/C25H25N3O5S/c1-16-11-17(2)13-19(12-16)26-24(29)21(14-18-7-5-4-6-8-18)27-34(31,32)20-9-10-22-23(15-20)33-25(30)28(22)3/h4-13,15,21,27H,14H2,1-3H3,(H,26,29)/t21-/m0/s1. The van der Waals surface area contributed by atoms with Crippen LogP contribution in [0.25, 0.3) is 11.1 Å². The molecule has 1 heterocycles. The van der Waals surface area contributed by atoms with Crippen LogP contribution in [0, 0.1) is 13.8 Å². The van der Waals surface area contributed by atoms with Gasteiger partial charge in [0.1, 0.15) is 6.04 Å². The summed E-state index contributed by atoms with van der Waals surface area (Å²) in [6, 6.07) is 17.9. The summed E-state index contributed by atoms with van der Waals surface area (Å²) >= 11 is 0. The molecule has 0 aliphatic heterocycles. The SMILES string of the molecule is Cc1cc(C)cc(NC(=O)[C@H](Cc2ccccc2)NS(=O)(=O)c2ccc3c(c2)oc(=O)n3C)c1.